The van der Waals surface area contributed by atoms with Gasteiger partial charge in [-0.1, -0.05) is 0 Å². The monoisotopic (exact) mass is 325 g/mol. The van der Waals surface area contributed by atoms with Crippen LogP contribution in [0.4, 0.5) is 0 Å². The second-order valence-electron chi connectivity index (χ2n) is 3.25. The van der Waals surface area contributed by atoms with Crippen LogP contribution in [0.1, 0.15) is 12.2 Å². The van der Waals surface area contributed by atoms with E-state index in [2.05, 4.69) is 27.9 Å². The molecule has 2 N–H and O–H groups in total. The van der Waals surface area contributed by atoms with Crippen molar-refractivity contribution in [1.29, 1.82) is 0 Å². The molecule has 1 atom stereocenters. The minimum absolute atomic E-state index is 0.163. The first kappa shape index (κ1) is 13.0. The molecule has 0 fully saturated rings. The Bertz CT molecular complexity index is 271. The van der Waals surface area contributed by atoms with Crippen LogP contribution in [0.3, 0.4) is 0 Å². The van der Waals surface area contributed by atoms with Crippen molar-refractivity contribution in [2.45, 2.75) is 19.0 Å². The zero-order chi connectivity index (χ0) is 11.1. The summed E-state index contributed by atoms with van der Waals surface area (Å²) in [5, 5.41) is 12.1. The molecule has 4 nitrogen and oxygen atoms in total. The number of halogens is 1. The van der Waals surface area contributed by atoms with E-state index in [1.54, 1.807) is 7.11 Å². The lowest BCUT2D eigenvalue weighted by Gasteiger charge is -2.15. The first-order valence-corrected chi connectivity index (χ1v) is 5.91. The molecule has 1 unspecified atom stereocenters. The lowest BCUT2D eigenvalue weighted by Crippen LogP contribution is -2.33. The Balaban J connectivity index is 2.32. The second kappa shape index (κ2) is 7.21. The topological polar surface area (TPSA) is 54.6 Å². The average molecular weight is 325 g/mol. The lowest BCUT2D eigenvalue weighted by molar-refractivity contribution is 0.146. The van der Waals surface area contributed by atoms with Gasteiger partial charge in [-0.3, -0.25) is 0 Å². The van der Waals surface area contributed by atoms with Crippen LogP contribution >= 0.6 is 22.6 Å². The number of ether oxygens (including phenoxy) is 1. The molecule has 1 aromatic heterocycles. The van der Waals surface area contributed by atoms with Crippen LogP contribution in [0, 0.1) is 3.77 Å². The molecule has 0 saturated carbocycles. The van der Waals surface area contributed by atoms with E-state index >= 15 is 0 Å². The number of aliphatic hydroxyl groups is 1. The van der Waals surface area contributed by atoms with Gasteiger partial charge in [-0.15, -0.1) is 0 Å². The number of rotatable bonds is 7. The molecule has 0 radical (unpaired) electrons. The van der Waals surface area contributed by atoms with Gasteiger partial charge in [0.1, 0.15) is 5.76 Å². The van der Waals surface area contributed by atoms with Crippen LogP contribution in [0.5, 0.6) is 0 Å². The molecule has 5 heteroatoms. The van der Waals surface area contributed by atoms with Crippen molar-refractivity contribution >= 4 is 22.6 Å². The van der Waals surface area contributed by atoms with Crippen molar-refractivity contribution in [3.8, 4) is 0 Å². The minimum Gasteiger partial charge on any atom is -0.454 e. The minimum atomic E-state index is 0.163. The molecule has 1 rings (SSSR count). The highest BCUT2D eigenvalue weighted by atomic mass is 127. The van der Waals surface area contributed by atoms with Crippen molar-refractivity contribution in [2.75, 3.05) is 20.3 Å². The van der Waals surface area contributed by atoms with Gasteiger partial charge in [-0.25, -0.2) is 0 Å². The van der Waals surface area contributed by atoms with Gasteiger partial charge in [-0.2, -0.15) is 0 Å². The lowest BCUT2D eigenvalue weighted by atomic mass is 10.2. The van der Waals surface area contributed by atoms with E-state index < -0.39 is 0 Å². The normalized spacial score (nSPS) is 13.0. The van der Waals surface area contributed by atoms with E-state index in [0.717, 1.165) is 9.53 Å². The molecule has 15 heavy (non-hydrogen) atoms. The standard InChI is InChI=1S/C10H16INO3/c1-14-7-8(4-5-13)12-6-9-2-3-10(11)15-9/h2-3,8,12-13H,4-7H2,1H3. The highest BCUT2D eigenvalue weighted by Crippen LogP contribution is 2.10. The number of furan rings is 1. The van der Waals surface area contributed by atoms with E-state index in [-0.39, 0.29) is 12.6 Å². The summed E-state index contributed by atoms with van der Waals surface area (Å²) < 4.78 is 11.3. The first-order valence-electron chi connectivity index (χ1n) is 4.83. The maximum atomic E-state index is 8.84. The van der Waals surface area contributed by atoms with Crippen LogP contribution in [0.2, 0.25) is 0 Å². The fraction of sp³-hybridized carbons (Fsp3) is 0.600. The van der Waals surface area contributed by atoms with Gasteiger partial charge in [0.15, 0.2) is 3.77 Å². The zero-order valence-electron chi connectivity index (χ0n) is 8.70. The number of hydrogen-bond acceptors (Lipinski definition) is 4. The largest absolute Gasteiger partial charge is 0.454 e. The maximum absolute atomic E-state index is 8.84. The summed E-state index contributed by atoms with van der Waals surface area (Å²) in [6.45, 7) is 1.42. The molecule has 0 spiro atoms. The molecule has 0 aliphatic rings. The number of nitrogens with one attached hydrogen (secondary N) is 1. The van der Waals surface area contributed by atoms with Gasteiger partial charge in [0.2, 0.25) is 0 Å². The Labute approximate surface area is 103 Å². The molecule has 1 heterocycles. The summed E-state index contributed by atoms with van der Waals surface area (Å²) in [6, 6.07) is 4.04. The summed E-state index contributed by atoms with van der Waals surface area (Å²) in [6.07, 6.45) is 0.686. The van der Waals surface area contributed by atoms with Crippen molar-refractivity contribution in [2.24, 2.45) is 0 Å². The van der Waals surface area contributed by atoms with Gasteiger partial charge < -0.3 is 19.6 Å². The Kier molecular flexibility index (Phi) is 6.23. The summed E-state index contributed by atoms with van der Waals surface area (Å²) >= 11 is 2.13. The molecule has 0 saturated heterocycles. The highest BCUT2D eigenvalue weighted by Gasteiger charge is 2.08. The molecular formula is C10H16INO3. The quantitative estimate of drug-likeness (QED) is 0.744. The predicted molar refractivity (Wildman–Crippen MR) is 65.6 cm³/mol. The molecule has 0 aromatic carbocycles. The fourth-order valence-corrected chi connectivity index (χ4v) is 1.76. The molecule has 0 amide bonds. The van der Waals surface area contributed by atoms with Crippen LogP contribution in [-0.4, -0.2) is 31.5 Å². The van der Waals surface area contributed by atoms with Gasteiger partial charge in [-0.05, 0) is 41.1 Å². The Hall–Kier alpha value is -0.110. The van der Waals surface area contributed by atoms with E-state index in [9.17, 15) is 0 Å². The molecular weight excluding hydrogens is 309 g/mol. The third-order valence-electron chi connectivity index (χ3n) is 2.04. The van der Waals surface area contributed by atoms with E-state index in [4.69, 9.17) is 14.3 Å². The van der Waals surface area contributed by atoms with Crippen molar-refractivity contribution in [3.63, 3.8) is 0 Å². The fourth-order valence-electron chi connectivity index (χ4n) is 1.29. The van der Waals surface area contributed by atoms with Gasteiger partial charge in [0.05, 0.1) is 13.2 Å². The van der Waals surface area contributed by atoms with Gasteiger partial charge in [0.25, 0.3) is 0 Å². The Morgan fingerprint density at radius 1 is 1.60 bits per heavy atom. The summed E-state index contributed by atoms with van der Waals surface area (Å²) in [5.41, 5.74) is 0. The third-order valence-corrected chi connectivity index (χ3v) is 2.62. The second-order valence-corrected chi connectivity index (χ2v) is 4.31. The summed E-state index contributed by atoms with van der Waals surface area (Å²) in [7, 11) is 1.65. The van der Waals surface area contributed by atoms with Crippen LogP contribution in [0.25, 0.3) is 0 Å². The number of methoxy groups -OCH3 is 1. The Morgan fingerprint density at radius 2 is 2.40 bits per heavy atom. The smallest absolute Gasteiger partial charge is 0.164 e. The molecule has 1 aromatic rings. The molecule has 86 valence electrons. The van der Waals surface area contributed by atoms with Gasteiger partial charge in [0, 0.05) is 19.8 Å². The SMILES string of the molecule is COCC(CCO)NCc1ccc(I)o1. The van der Waals surface area contributed by atoms with Crippen molar-refractivity contribution < 1.29 is 14.3 Å². The summed E-state index contributed by atoms with van der Waals surface area (Å²) in [5.74, 6) is 0.901. The molecule has 0 bridgehead atoms. The predicted octanol–water partition coefficient (Wildman–Crippen LogP) is 1.37. The van der Waals surface area contributed by atoms with E-state index in [1.165, 1.54) is 0 Å². The molecule has 0 aliphatic carbocycles. The highest BCUT2D eigenvalue weighted by molar-refractivity contribution is 14.1. The van der Waals surface area contributed by atoms with Crippen LogP contribution < -0.4 is 5.32 Å². The average Bonchev–Trinajstić information content (AvgIpc) is 2.61. The maximum Gasteiger partial charge on any atom is 0.164 e. The van der Waals surface area contributed by atoms with Crippen LogP contribution in [-0.2, 0) is 11.3 Å². The first-order chi connectivity index (χ1) is 7.26. The van der Waals surface area contributed by atoms with Crippen LogP contribution in [0.15, 0.2) is 16.5 Å². The van der Waals surface area contributed by atoms with Crippen molar-refractivity contribution in [3.05, 3.63) is 21.7 Å². The third kappa shape index (κ3) is 4.96. The zero-order valence-corrected chi connectivity index (χ0v) is 10.9. The number of aliphatic hydroxyl groups excluding tert-OH is 1. The van der Waals surface area contributed by atoms with Crippen molar-refractivity contribution in [1.82, 2.24) is 5.32 Å². The summed E-state index contributed by atoms with van der Waals surface area (Å²) in [4.78, 5) is 0. The van der Waals surface area contributed by atoms with Gasteiger partial charge >= 0.3 is 0 Å². The number of hydrogen-bond donors (Lipinski definition) is 2. The Morgan fingerprint density at radius 3 is 2.93 bits per heavy atom. The van der Waals surface area contributed by atoms with E-state index in [1.807, 2.05) is 12.1 Å². The van der Waals surface area contributed by atoms with E-state index in [0.29, 0.717) is 19.6 Å². The molecule has 0 aliphatic heterocycles.